The molecule has 1 aromatic rings. The highest BCUT2D eigenvalue weighted by Crippen LogP contribution is 2.15. The van der Waals surface area contributed by atoms with E-state index in [9.17, 15) is 13.6 Å². The lowest BCUT2D eigenvalue weighted by Crippen LogP contribution is -2.26. The van der Waals surface area contributed by atoms with Gasteiger partial charge in [-0.25, -0.2) is 8.78 Å². The van der Waals surface area contributed by atoms with Crippen LogP contribution in [0.25, 0.3) is 0 Å². The van der Waals surface area contributed by atoms with E-state index in [0.717, 1.165) is 6.07 Å². The average Bonchev–Trinajstić information content (AvgIpc) is 2.24. The van der Waals surface area contributed by atoms with E-state index in [0.29, 0.717) is 0 Å². The number of nitrogens with one attached hydrogen (secondary N) is 1. The standard InChI is InChI=1S/C11H10F2N2O/c1-7-3-4-8(12)9(10(7)13)11(16)15-6-2-5-14/h3-4H,2,6H2,1H3,(H,15,16). The van der Waals surface area contributed by atoms with Gasteiger partial charge in [-0.05, 0) is 18.6 Å². The van der Waals surface area contributed by atoms with E-state index in [2.05, 4.69) is 5.32 Å². The summed E-state index contributed by atoms with van der Waals surface area (Å²) in [7, 11) is 0. The molecule has 0 atom stereocenters. The third kappa shape index (κ3) is 2.54. The molecule has 0 radical (unpaired) electrons. The Morgan fingerprint density at radius 3 is 2.81 bits per heavy atom. The van der Waals surface area contributed by atoms with Gasteiger partial charge in [0.05, 0.1) is 12.5 Å². The van der Waals surface area contributed by atoms with Gasteiger partial charge in [0.25, 0.3) is 5.91 Å². The van der Waals surface area contributed by atoms with Crippen molar-refractivity contribution in [3.63, 3.8) is 0 Å². The lowest BCUT2D eigenvalue weighted by Gasteiger charge is -2.07. The lowest BCUT2D eigenvalue weighted by atomic mass is 10.1. The zero-order valence-electron chi connectivity index (χ0n) is 8.68. The molecule has 0 fully saturated rings. The fourth-order valence-electron chi connectivity index (χ4n) is 1.19. The summed E-state index contributed by atoms with van der Waals surface area (Å²) in [6.45, 7) is 1.52. The van der Waals surface area contributed by atoms with Crippen molar-refractivity contribution in [3.05, 3.63) is 34.9 Å². The number of rotatable bonds is 3. The number of halogens is 2. The molecule has 1 N–H and O–H groups in total. The van der Waals surface area contributed by atoms with Gasteiger partial charge in [-0.1, -0.05) is 6.07 Å². The smallest absolute Gasteiger partial charge is 0.257 e. The number of benzene rings is 1. The number of nitriles is 1. The number of hydrogen-bond donors (Lipinski definition) is 1. The fourth-order valence-corrected chi connectivity index (χ4v) is 1.19. The van der Waals surface area contributed by atoms with Crippen LogP contribution in [0.3, 0.4) is 0 Å². The van der Waals surface area contributed by atoms with Crippen molar-refractivity contribution in [3.8, 4) is 6.07 Å². The van der Waals surface area contributed by atoms with Gasteiger partial charge in [-0.15, -0.1) is 0 Å². The molecular weight excluding hydrogens is 214 g/mol. The van der Waals surface area contributed by atoms with Crippen LogP contribution >= 0.6 is 0 Å². The number of amides is 1. The van der Waals surface area contributed by atoms with E-state index in [1.807, 2.05) is 6.07 Å². The molecule has 0 aromatic heterocycles. The van der Waals surface area contributed by atoms with Crippen molar-refractivity contribution in [2.45, 2.75) is 13.3 Å². The van der Waals surface area contributed by atoms with Crippen LogP contribution in [0.2, 0.25) is 0 Å². The van der Waals surface area contributed by atoms with Crippen LogP contribution in [0.5, 0.6) is 0 Å². The van der Waals surface area contributed by atoms with Gasteiger partial charge in [0.1, 0.15) is 17.2 Å². The maximum Gasteiger partial charge on any atom is 0.257 e. The molecule has 3 nitrogen and oxygen atoms in total. The molecule has 5 heteroatoms. The summed E-state index contributed by atoms with van der Waals surface area (Å²) in [4.78, 5) is 11.4. The van der Waals surface area contributed by atoms with Crippen LogP contribution in [0, 0.1) is 29.9 Å². The molecule has 1 rings (SSSR count). The number of carbonyl (C=O) groups excluding carboxylic acids is 1. The fraction of sp³-hybridized carbons (Fsp3) is 0.273. The molecule has 0 heterocycles. The summed E-state index contributed by atoms with van der Waals surface area (Å²) in [6, 6.07) is 4.11. The first-order valence-corrected chi connectivity index (χ1v) is 4.67. The molecule has 0 unspecified atom stereocenters. The van der Waals surface area contributed by atoms with Gasteiger partial charge in [-0.3, -0.25) is 4.79 Å². The Bertz CT molecular complexity index is 452. The van der Waals surface area contributed by atoms with E-state index in [1.54, 1.807) is 0 Å². The summed E-state index contributed by atoms with van der Waals surface area (Å²) < 4.78 is 26.7. The molecule has 1 amide bonds. The van der Waals surface area contributed by atoms with E-state index in [-0.39, 0.29) is 18.5 Å². The van der Waals surface area contributed by atoms with Gasteiger partial charge >= 0.3 is 0 Å². The summed E-state index contributed by atoms with van der Waals surface area (Å²) in [5, 5.41) is 10.5. The number of aryl methyl sites for hydroxylation is 1. The van der Waals surface area contributed by atoms with Crippen LogP contribution in [0.1, 0.15) is 22.3 Å². The van der Waals surface area contributed by atoms with Crippen molar-refractivity contribution in [2.75, 3.05) is 6.54 Å². The minimum absolute atomic E-state index is 0.0716. The van der Waals surface area contributed by atoms with E-state index in [4.69, 9.17) is 5.26 Å². The van der Waals surface area contributed by atoms with E-state index >= 15 is 0 Å². The predicted octanol–water partition coefficient (Wildman–Crippen LogP) is 1.92. The molecule has 0 spiro atoms. The predicted molar refractivity (Wildman–Crippen MR) is 53.7 cm³/mol. The topological polar surface area (TPSA) is 52.9 Å². The lowest BCUT2D eigenvalue weighted by molar-refractivity contribution is 0.0946. The molecule has 0 saturated carbocycles. The SMILES string of the molecule is Cc1ccc(F)c(C(=O)NCCC#N)c1F. The Kier molecular flexibility index (Phi) is 3.95. The van der Waals surface area contributed by atoms with Crippen molar-refractivity contribution in [1.82, 2.24) is 5.32 Å². The van der Waals surface area contributed by atoms with Crippen molar-refractivity contribution < 1.29 is 13.6 Å². The third-order valence-electron chi connectivity index (χ3n) is 2.03. The first kappa shape index (κ1) is 12.1. The summed E-state index contributed by atoms with van der Waals surface area (Å²) in [5.74, 6) is -2.61. The highest BCUT2D eigenvalue weighted by molar-refractivity contribution is 5.94. The van der Waals surface area contributed by atoms with Crippen molar-refractivity contribution in [2.24, 2.45) is 0 Å². The van der Waals surface area contributed by atoms with E-state index < -0.39 is 23.1 Å². The van der Waals surface area contributed by atoms with Gasteiger partial charge in [-0.2, -0.15) is 5.26 Å². The second kappa shape index (κ2) is 5.21. The average molecular weight is 224 g/mol. The molecule has 0 aliphatic carbocycles. The second-order valence-corrected chi connectivity index (χ2v) is 3.22. The van der Waals surface area contributed by atoms with Gasteiger partial charge in [0.2, 0.25) is 0 Å². The summed E-state index contributed by atoms with van der Waals surface area (Å²) >= 11 is 0. The quantitative estimate of drug-likeness (QED) is 0.797. The van der Waals surface area contributed by atoms with Crippen LogP contribution < -0.4 is 5.32 Å². The normalized spacial score (nSPS) is 9.62. The Labute approximate surface area is 91.7 Å². The minimum Gasteiger partial charge on any atom is -0.351 e. The molecule has 1 aromatic carbocycles. The van der Waals surface area contributed by atoms with Gasteiger partial charge in [0, 0.05) is 6.54 Å². The molecule has 16 heavy (non-hydrogen) atoms. The molecule has 0 bridgehead atoms. The zero-order chi connectivity index (χ0) is 12.1. The van der Waals surface area contributed by atoms with Gasteiger partial charge in [0.15, 0.2) is 0 Å². The maximum absolute atomic E-state index is 13.5. The molecular formula is C11H10F2N2O. The zero-order valence-corrected chi connectivity index (χ0v) is 8.68. The Balaban J connectivity index is 2.91. The van der Waals surface area contributed by atoms with Crippen LogP contribution in [0.4, 0.5) is 8.78 Å². The molecule has 0 aliphatic rings. The minimum atomic E-state index is -0.905. The highest BCUT2D eigenvalue weighted by Gasteiger charge is 2.18. The monoisotopic (exact) mass is 224 g/mol. The van der Waals surface area contributed by atoms with Crippen LogP contribution in [0.15, 0.2) is 12.1 Å². The first-order valence-electron chi connectivity index (χ1n) is 4.67. The molecule has 0 saturated heterocycles. The maximum atomic E-state index is 13.5. The van der Waals surface area contributed by atoms with E-state index in [1.165, 1.54) is 13.0 Å². The molecule has 0 aliphatic heterocycles. The Morgan fingerprint density at radius 2 is 2.19 bits per heavy atom. The largest absolute Gasteiger partial charge is 0.351 e. The third-order valence-corrected chi connectivity index (χ3v) is 2.03. The Hall–Kier alpha value is -1.96. The highest BCUT2D eigenvalue weighted by atomic mass is 19.1. The summed E-state index contributed by atoms with van der Waals surface area (Å²) in [5.41, 5.74) is -0.398. The van der Waals surface area contributed by atoms with Gasteiger partial charge < -0.3 is 5.32 Å². The second-order valence-electron chi connectivity index (χ2n) is 3.22. The van der Waals surface area contributed by atoms with Crippen LogP contribution in [-0.4, -0.2) is 12.5 Å². The summed E-state index contributed by atoms with van der Waals surface area (Å²) in [6.07, 6.45) is 0.0980. The Morgan fingerprint density at radius 1 is 1.50 bits per heavy atom. The number of nitrogens with zero attached hydrogens (tertiary/aromatic N) is 1. The van der Waals surface area contributed by atoms with Crippen molar-refractivity contribution >= 4 is 5.91 Å². The molecule has 84 valence electrons. The van der Waals surface area contributed by atoms with Crippen LogP contribution in [-0.2, 0) is 0 Å². The van der Waals surface area contributed by atoms with Crippen molar-refractivity contribution in [1.29, 1.82) is 5.26 Å². The first-order chi connectivity index (χ1) is 7.57. The number of carbonyl (C=O) groups is 1. The number of hydrogen-bond acceptors (Lipinski definition) is 2.